The molecule has 0 fully saturated rings. The molecule has 9 nitrogen and oxygen atoms in total. The van der Waals surface area contributed by atoms with Gasteiger partial charge in [-0.25, -0.2) is 8.42 Å². The molecule has 0 unspecified atom stereocenters. The van der Waals surface area contributed by atoms with Crippen LogP contribution in [0.15, 0.2) is 51.9 Å². The van der Waals surface area contributed by atoms with Crippen LogP contribution in [0.1, 0.15) is 27.4 Å². The summed E-state index contributed by atoms with van der Waals surface area (Å²) in [6.07, 6.45) is 0. The molecule has 10 heteroatoms. The standard InChI is InChI=1S/C22H23N3O6S/c1-14-19(15(2)31-23-14)13-25(3)22(26)16-5-4-6-17(11-16)24-32(27,28)18-7-8-20-21(12-18)30-10-9-29-20/h4-8,11-12,24H,9-10,13H2,1-3H3. The minimum atomic E-state index is -3.89. The lowest BCUT2D eigenvalue weighted by Crippen LogP contribution is -2.26. The van der Waals surface area contributed by atoms with E-state index in [9.17, 15) is 13.2 Å². The molecule has 4 rings (SSSR count). The van der Waals surface area contributed by atoms with Crippen molar-refractivity contribution in [1.82, 2.24) is 10.1 Å². The molecule has 1 aliphatic heterocycles. The summed E-state index contributed by atoms with van der Waals surface area (Å²) >= 11 is 0. The molecular weight excluding hydrogens is 434 g/mol. The van der Waals surface area contributed by atoms with Gasteiger partial charge >= 0.3 is 0 Å². The second-order valence-corrected chi connectivity index (χ2v) is 9.14. The van der Waals surface area contributed by atoms with Gasteiger partial charge in [-0.1, -0.05) is 11.2 Å². The van der Waals surface area contributed by atoms with E-state index in [2.05, 4.69) is 9.88 Å². The van der Waals surface area contributed by atoms with Crippen LogP contribution in [-0.4, -0.2) is 44.6 Å². The van der Waals surface area contributed by atoms with Crippen molar-refractivity contribution in [3.63, 3.8) is 0 Å². The molecule has 1 aromatic heterocycles. The summed E-state index contributed by atoms with van der Waals surface area (Å²) in [4.78, 5) is 14.5. The van der Waals surface area contributed by atoms with Crippen LogP contribution in [0.25, 0.3) is 0 Å². The zero-order valence-corrected chi connectivity index (χ0v) is 18.7. The van der Waals surface area contributed by atoms with Crippen LogP contribution in [0, 0.1) is 13.8 Å². The van der Waals surface area contributed by atoms with Gasteiger partial charge in [0.05, 0.1) is 17.1 Å². The summed E-state index contributed by atoms with van der Waals surface area (Å²) in [7, 11) is -2.23. The maximum atomic E-state index is 12.9. The van der Waals surface area contributed by atoms with Gasteiger partial charge in [0.2, 0.25) is 0 Å². The van der Waals surface area contributed by atoms with Gasteiger partial charge in [0.25, 0.3) is 15.9 Å². The second kappa shape index (κ2) is 8.54. The van der Waals surface area contributed by atoms with Crippen LogP contribution < -0.4 is 14.2 Å². The molecule has 2 aromatic carbocycles. The van der Waals surface area contributed by atoms with Gasteiger partial charge in [0.1, 0.15) is 19.0 Å². The number of aryl methyl sites for hydroxylation is 2. The molecule has 168 valence electrons. The Morgan fingerprint density at radius 3 is 2.56 bits per heavy atom. The smallest absolute Gasteiger partial charge is 0.262 e. The highest BCUT2D eigenvalue weighted by molar-refractivity contribution is 7.92. The lowest BCUT2D eigenvalue weighted by atomic mass is 10.1. The third kappa shape index (κ3) is 4.40. The second-order valence-electron chi connectivity index (χ2n) is 7.46. The fourth-order valence-corrected chi connectivity index (χ4v) is 4.44. The molecule has 1 amide bonds. The molecule has 0 bridgehead atoms. The third-order valence-electron chi connectivity index (χ3n) is 5.11. The van der Waals surface area contributed by atoms with Crippen LogP contribution in [-0.2, 0) is 16.6 Å². The van der Waals surface area contributed by atoms with Crippen molar-refractivity contribution < 1.29 is 27.2 Å². The lowest BCUT2D eigenvalue weighted by Gasteiger charge is -2.19. The maximum absolute atomic E-state index is 12.9. The quantitative estimate of drug-likeness (QED) is 0.605. The van der Waals surface area contributed by atoms with Gasteiger partial charge in [-0.3, -0.25) is 9.52 Å². The van der Waals surface area contributed by atoms with E-state index in [0.717, 1.165) is 11.3 Å². The van der Waals surface area contributed by atoms with E-state index in [4.69, 9.17) is 14.0 Å². The van der Waals surface area contributed by atoms with E-state index in [-0.39, 0.29) is 16.5 Å². The monoisotopic (exact) mass is 457 g/mol. The number of amides is 1. The van der Waals surface area contributed by atoms with Gasteiger partial charge in [-0.15, -0.1) is 0 Å². The summed E-state index contributed by atoms with van der Waals surface area (Å²) in [5.41, 5.74) is 2.19. The molecule has 0 aliphatic carbocycles. The average Bonchev–Trinajstić information content (AvgIpc) is 3.10. The topological polar surface area (TPSA) is 111 Å². The number of benzene rings is 2. The highest BCUT2D eigenvalue weighted by Gasteiger charge is 2.21. The van der Waals surface area contributed by atoms with Gasteiger partial charge in [-0.2, -0.15) is 0 Å². The van der Waals surface area contributed by atoms with Crippen LogP contribution in [0.2, 0.25) is 0 Å². The van der Waals surface area contributed by atoms with Crippen LogP contribution in [0.3, 0.4) is 0 Å². The minimum absolute atomic E-state index is 0.0361. The van der Waals surface area contributed by atoms with Crippen molar-refractivity contribution in [3.05, 3.63) is 65.0 Å². The minimum Gasteiger partial charge on any atom is -0.486 e. The van der Waals surface area contributed by atoms with Crippen LogP contribution in [0.5, 0.6) is 11.5 Å². The molecule has 0 saturated carbocycles. The van der Waals surface area contributed by atoms with E-state index in [1.54, 1.807) is 38.2 Å². The van der Waals surface area contributed by atoms with Gasteiger partial charge < -0.3 is 18.9 Å². The number of sulfonamides is 1. The summed E-state index contributed by atoms with van der Waals surface area (Å²) in [6.45, 7) is 4.71. The Kier molecular flexibility index (Phi) is 5.79. The molecule has 3 aromatic rings. The zero-order valence-electron chi connectivity index (χ0n) is 17.9. The highest BCUT2D eigenvalue weighted by atomic mass is 32.2. The largest absolute Gasteiger partial charge is 0.486 e. The summed E-state index contributed by atoms with van der Waals surface area (Å²) in [5.74, 6) is 1.28. The van der Waals surface area contributed by atoms with Crippen molar-refractivity contribution in [2.75, 3.05) is 25.0 Å². The number of fused-ring (bicyclic) bond motifs is 1. The Bertz CT molecular complexity index is 1250. The summed E-state index contributed by atoms with van der Waals surface area (Å²) in [6, 6.07) is 10.8. The maximum Gasteiger partial charge on any atom is 0.262 e. The molecule has 0 atom stereocenters. The average molecular weight is 458 g/mol. The van der Waals surface area contributed by atoms with E-state index in [1.165, 1.54) is 23.1 Å². The van der Waals surface area contributed by atoms with E-state index >= 15 is 0 Å². The molecule has 1 aliphatic rings. The van der Waals surface area contributed by atoms with Crippen molar-refractivity contribution in [3.8, 4) is 11.5 Å². The fourth-order valence-electron chi connectivity index (χ4n) is 3.38. The lowest BCUT2D eigenvalue weighted by molar-refractivity contribution is 0.0784. The van der Waals surface area contributed by atoms with Crippen molar-refractivity contribution in [2.24, 2.45) is 0 Å². The molecule has 1 N–H and O–H groups in total. The Hall–Kier alpha value is -3.53. The Morgan fingerprint density at radius 2 is 1.84 bits per heavy atom. The number of aromatic nitrogens is 1. The van der Waals surface area contributed by atoms with Gasteiger partial charge in [0.15, 0.2) is 11.5 Å². The number of ether oxygens (including phenoxy) is 2. The highest BCUT2D eigenvalue weighted by Crippen LogP contribution is 2.32. The molecule has 32 heavy (non-hydrogen) atoms. The summed E-state index contributed by atoms with van der Waals surface area (Å²) < 4.78 is 44.3. The normalized spacial score (nSPS) is 13.0. The first kappa shape index (κ1) is 21.7. The van der Waals surface area contributed by atoms with E-state index in [0.29, 0.717) is 42.6 Å². The number of nitrogens with zero attached hydrogens (tertiary/aromatic N) is 2. The Balaban J connectivity index is 1.52. The van der Waals surface area contributed by atoms with E-state index < -0.39 is 10.0 Å². The number of carbonyl (C=O) groups is 1. The molecule has 0 radical (unpaired) electrons. The first-order valence-electron chi connectivity index (χ1n) is 9.94. The van der Waals surface area contributed by atoms with Crippen LogP contribution >= 0.6 is 0 Å². The number of hydrogen-bond donors (Lipinski definition) is 1. The first-order valence-corrected chi connectivity index (χ1v) is 11.4. The Morgan fingerprint density at radius 1 is 1.09 bits per heavy atom. The predicted molar refractivity (Wildman–Crippen MR) is 116 cm³/mol. The van der Waals surface area contributed by atoms with Gasteiger partial charge in [-0.05, 0) is 44.2 Å². The number of nitrogens with one attached hydrogen (secondary N) is 1. The number of anilines is 1. The number of hydrogen-bond acceptors (Lipinski definition) is 7. The Labute approximate surface area is 186 Å². The fraction of sp³-hybridized carbons (Fsp3) is 0.273. The SMILES string of the molecule is Cc1noc(C)c1CN(C)C(=O)c1cccc(NS(=O)(=O)c2ccc3c(c2)OCCO3)c1. The third-order valence-corrected chi connectivity index (χ3v) is 6.49. The van der Waals surface area contributed by atoms with Crippen molar-refractivity contribution in [1.29, 1.82) is 0 Å². The first-order chi connectivity index (χ1) is 15.2. The van der Waals surface area contributed by atoms with Crippen molar-refractivity contribution >= 4 is 21.6 Å². The number of carbonyl (C=O) groups excluding carboxylic acids is 1. The molecule has 0 saturated heterocycles. The van der Waals surface area contributed by atoms with Gasteiger partial charge in [0, 0.05) is 29.9 Å². The van der Waals surface area contributed by atoms with Crippen LogP contribution in [0.4, 0.5) is 5.69 Å². The molecule has 2 heterocycles. The predicted octanol–water partition coefficient (Wildman–Crippen LogP) is 3.14. The van der Waals surface area contributed by atoms with E-state index in [1.807, 2.05) is 6.92 Å². The molecule has 0 spiro atoms. The zero-order chi connectivity index (χ0) is 22.9. The molecular formula is C22H23N3O6S. The number of rotatable bonds is 6. The summed E-state index contributed by atoms with van der Waals surface area (Å²) in [5, 5.41) is 3.90. The van der Waals surface area contributed by atoms with Crippen molar-refractivity contribution in [2.45, 2.75) is 25.3 Å².